The van der Waals surface area contributed by atoms with Gasteiger partial charge in [-0.3, -0.25) is 0 Å². The summed E-state index contributed by atoms with van der Waals surface area (Å²) in [5.41, 5.74) is -23.2. The van der Waals surface area contributed by atoms with Crippen molar-refractivity contribution in [1.82, 2.24) is 59.8 Å². The molecule has 4 heterocycles. The molecule has 0 N–H and O–H groups in total. The molecule has 10 aromatic rings. The first-order valence-electron chi connectivity index (χ1n) is 28.8. The largest absolute Gasteiger partial charge is 0.467 e. The van der Waals surface area contributed by atoms with E-state index in [9.17, 15) is 0 Å². The Bertz CT molecular complexity index is 4090. The molecule has 24 nitrogen and oxygen atoms in total. The van der Waals surface area contributed by atoms with Crippen molar-refractivity contribution in [3.63, 3.8) is 0 Å². The summed E-state index contributed by atoms with van der Waals surface area (Å²) < 4.78 is 339. The van der Waals surface area contributed by atoms with Crippen molar-refractivity contribution in [2.75, 3.05) is 42.7 Å². The lowest BCUT2D eigenvalue weighted by Crippen LogP contribution is -2.54. The van der Waals surface area contributed by atoms with Crippen LogP contribution in [-0.4, -0.2) is 140 Å². The second-order valence-electron chi connectivity index (χ2n) is 21.0. The van der Waals surface area contributed by atoms with E-state index in [1.807, 2.05) is 0 Å². The highest BCUT2D eigenvalue weighted by Gasteiger charge is 2.75. The minimum absolute atomic E-state index is 0.330. The van der Waals surface area contributed by atoms with Crippen LogP contribution >= 0.6 is 0 Å². The first-order valence-corrected chi connectivity index (χ1v) is 28.8. The van der Waals surface area contributed by atoms with E-state index in [1.165, 1.54) is 0 Å². The lowest BCUT2D eigenvalue weighted by Gasteiger charge is -2.38. The highest BCUT2D eigenvalue weighted by Crippen LogP contribution is 2.60. The van der Waals surface area contributed by atoms with E-state index >= 15 is 79.0 Å². The average molecular weight is 1500 g/mol. The van der Waals surface area contributed by atoms with Gasteiger partial charge in [-0.1, -0.05) is 72.8 Å². The van der Waals surface area contributed by atoms with Gasteiger partial charge in [-0.15, -0.1) is 59.8 Å². The van der Waals surface area contributed by atoms with Gasteiger partial charge >= 0.3 is 109 Å². The molecule has 4 aromatic heterocycles. The topological polar surface area (TPSA) is 265 Å². The Labute approximate surface area is 575 Å². The molecule has 0 spiro atoms. The van der Waals surface area contributed by atoms with Gasteiger partial charge in [-0.2, -0.15) is 79.0 Å². The van der Waals surface area contributed by atoms with E-state index in [1.54, 1.807) is 0 Å². The molecule has 105 heavy (non-hydrogen) atoms. The van der Waals surface area contributed by atoms with Crippen LogP contribution in [0.25, 0.3) is 0 Å². The van der Waals surface area contributed by atoms with Gasteiger partial charge in [-0.05, 0) is 106 Å². The van der Waals surface area contributed by atoms with Crippen LogP contribution in [0.15, 0.2) is 146 Å². The predicted molar refractivity (Wildman–Crippen MR) is 316 cm³/mol. The summed E-state index contributed by atoms with van der Waals surface area (Å²) in [5.74, 6) is -3.27. The van der Waals surface area contributed by atoms with Crippen molar-refractivity contribution in [2.24, 2.45) is 0 Å². The fourth-order valence-electron chi connectivity index (χ4n) is 10.3. The summed E-state index contributed by atoms with van der Waals surface area (Å²) in [6.45, 7) is 0. The zero-order chi connectivity index (χ0) is 76.3. The first kappa shape index (κ1) is 75.4. The number of halogens is 18. The number of rotatable bonds is 24. The van der Waals surface area contributed by atoms with Gasteiger partial charge in [0.25, 0.3) is 0 Å². The standard InChI is InChI=1S/C63H42F18N12O12/c1-94-43-82-44(95-2)86-49(85-43)100-37-19-7-31(8-20-37)55(58(64,65)66,59(67,68)69)34-13-25-40(26-14-34)103-52-91-53(104-41-27-15-35(16-28-41)56(60(70,71)72,61(73,74)75)32-9-21-38(22-10-32)101-50-87-45(96-3)83-46(88-50)97-4)93-54(92-52)105-42-29-17-36(18-30-42)57(62(76,77)78,63(79,80)81)33-11-23-39(24-12-33)102-51-89-47(98-5)84-48(90-51)99-6/h7-30H,1-6H3. The summed E-state index contributed by atoms with van der Waals surface area (Å²) in [6, 6.07) is 5.27. The Balaban J connectivity index is 1.00. The van der Waals surface area contributed by atoms with Crippen LogP contribution in [0, 0.1) is 0 Å². The Morgan fingerprint density at radius 3 is 0.381 bits per heavy atom. The molecule has 0 fully saturated rings. The summed E-state index contributed by atoms with van der Waals surface area (Å²) in [4.78, 5) is 45.4. The Morgan fingerprint density at radius 1 is 0.171 bits per heavy atom. The van der Waals surface area contributed by atoms with Crippen LogP contribution in [0.3, 0.4) is 0 Å². The molecule has 0 aliphatic heterocycles. The van der Waals surface area contributed by atoms with Gasteiger partial charge in [0, 0.05) is 0 Å². The highest BCUT2D eigenvalue weighted by molar-refractivity contribution is 5.51. The zero-order valence-electron chi connectivity index (χ0n) is 53.4. The molecule has 0 bridgehead atoms. The first-order chi connectivity index (χ1) is 49.4. The smallest absolute Gasteiger partial charge is 0.411 e. The lowest BCUT2D eigenvalue weighted by atomic mass is 9.73. The lowest BCUT2D eigenvalue weighted by molar-refractivity contribution is -0.290. The quantitative estimate of drug-likeness (QED) is 0.0509. The maximum absolute atomic E-state index is 15.4. The second-order valence-corrected chi connectivity index (χ2v) is 21.0. The summed E-state index contributed by atoms with van der Waals surface area (Å²) >= 11 is 0. The third kappa shape index (κ3) is 15.0. The van der Waals surface area contributed by atoms with E-state index in [2.05, 4.69) is 59.8 Å². The van der Waals surface area contributed by atoms with Crippen LogP contribution < -0.4 is 56.8 Å². The second kappa shape index (κ2) is 28.9. The van der Waals surface area contributed by atoms with E-state index < -0.39 is 140 Å². The minimum atomic E-state index is -6.19. The van der Waals surface area contributed by atoms with E-state index in [4.69, 9.17) is 56.8 Å². The third-order valence-electron chi connectivity index (χ3n) is 14.9. The molecular formula is C63H42F18N12O12. The number of nitrogens with zero attached hydrogens (tertiary/aromatic N) is 12. The molecule has 0 saturated heterocycles. The van der Waals surface area contributed by atoms with E-state index in [0.29, 0.717) is 109 Å². The number of ether oxygens (including phenoxy) is 12. The van der Waals surface area contributed by atoms with Crippen LogP contribution in [0.4, 0.5) is 79.0 Å². The monoisotopic (exact) mass is 1500 g/mol. The Kier molecular flexibility index (Phi) is 20.7. The molecule has 0 saturated carbocycles. The van der Waals surface area contributed by atoms with Gasteiger partial charge in [0.05, 0.1) is 42.7 Å². The van der Waals surface area contributed by atoms with Gasteiger partial charge in [0.1, 0.15) is 34.5 Å². The number of hydrogen-bond donors (Lipinski definition) is 0. The van der Waals surface area contributed by atoms with Crippen molar-refractivity contribution in [2.45, 2.75) is 53.3 Å². The zero-order valence-corrected chi connectivity index (χ0v) is 53.4. The number of aromatic nitrogens is 12. The molecule has 6 aromatic carbocycles. The van der Waals surface area contributed by atoms with Crippen molar-refractivity contribution in [1.29, 1.82) is 0 Å². The summed E-state index contributed by atoms with van der Waals surface area (Å²) in [7, 11) is 6.91. The molecule has 0 unspecified atom stereocenters. The number of methoxy groups -OCH3 is 6. The Morgan fingerprint density at radius 2 is 0.276 bits per heavy atom. The van der Waals surface area contributed by atoms with Crippen molar-refractivity contribution >= 4 is 0 Å². The van der Waals surface area contributed by atoms with Crippen LogP contribution in [0.5, 0.6) is 107 Å². The van der Waals surface area contributed by atoms with Crippen molar-refractivity contribution in [3.8, 4) is 107 Å². The molecule has 0 aliphatic rings. The fraction of sp³-hybridized carbons (Fsp3) is 0.238. The molecule has 0 amide bonds. The molecule has 0 atom stereocenters. The van der Waals surface area contributed by atoms with Crippen LogP contribution in [0.2, 0.25) is 0 Å². The number of benzene rings is 6. The summed E-state index contributed by atoms with van der Waals surface area (Å²) in [5, 5.41) is 0. The molecule has 10 rings (SSSR count). The molecule has 0 aliphatic carbocycles. The molecule has 42 heteroatoms. The molecule has 0 radical (unpaired) electrons. The van der Waals surface area contributed by atoms with E-state index in [0.717, 1.165) is 79.1 Å². The third-order valence-corrected chi connectivity index (χ3v) is 14.9. The minimum Gasteiger partial charge on any atom is -0.467 e. The number of hydrogen-bond acceptors (Lipinski definition) is 24. The van der Waals surface area contributed by atoms with Crippen LogP contribution in [-0.2, 0) is 16.2 Å². The van der Waals surface area contributed by atoms with Gasteiger partial charge in [0.2, 0.25) is 16.2 Å². The fourth-order valence-corrected chi connectivity index (χ4v) is 10.3. The van der Waals surface area contributed by atoms with Gasteiger partial charge in [0.15, 0.2) is 0 Å². The van der Waals surface area contributed by atoms with Crippen LogP contribution in [0.1, 0.15) is 33.4 Å². The summed E-state index contributed by atoms with van der Waals surface area (Å²) in [6.07, 6.45) is -37.1. The highest BCUT2D eigenvalue weighted by atomic mass is 19.4. The Hall–Kier alpha value is -12.3. The van der Waals surface area contributed by atoms with Crippen molar-refractivity contribution in [3.05, 3.63) is 179 Å². The normalized spacial score (nSPS) is 12.6. The number of alkyl halides is 18. The maximum Gasteiger partial charge on any atom is 0.411 e. The average Bonchev–Trinajstić information content (AvgIpc) is 0.730. The molecular weight excluding hydrogens is 1460 g/mol. The van der Waals surface area contributed by atoms with Gasteiger partial charge < -0.3 is 56.8 Å². The predicted octanol–water partition coefficient (Wildman–Crippen LogP) is 15.5. The maximum atomic E-state index is 15.4. The van der Waals surface area contributed by atoms with Crippen molar-refractivity contribution < 1.29 is 136 Å². The van der Waals surface area contributed by atoms with Gasteiger partial charge in [-0.25, -0.2) is 0 Å². The van der Waals surface area contributed by atoms with E-state index in [-0.39, 0.29) is 53.3 Å². The SMILES string of the molecule is COc1nc(OC)nc(Oc2ccc(C(c3ccc(Oc4nc(Oc5ccc(C(c6ccc(Oc7nc(OC)nc(OC)n7)cc6)(C(F)(F)F)C(F)(F)F)cc5)nc(Oc5ccc(C(c6ccc(Oc7nc(OC)nc(OC)n7)cc6)(C(F)(F)F)C(F)(F)F)cc5)n4)cc3)(C(F)(F)F)C(F)(F)F)cc2)n1. The molecule has 552 valence electrons.